The van der Waals surface area contributed by atoms with Crippen molar-refractivity contribution in [1.29, 1.82) is 0 Å². The SMILES string of the molecule is CC(C)(C)c1cc(CCC(=O)O)cc(C(c2cc(CCC(=O)O)cc(C(C)(C)C)c2O)C(C)(C)C)c1O. The van der Waals surface area contributed by atoms with Crippen LogP contribution in [0.3, 0.4) is 0 Å². The van der Waals surface area contributed by atoms with Crippen molar-refractivity contribution in [2.45, 2.75) is 105 Å². The average molecular weight is 513 g/mol. The van der Waals surface area contributed by atoms with E-state index in [2.05, 4.69) is 0 Å². The summed E-state index contributed by atoms with van der Waals surface area (Å²) in [5.74, 6) is -1.95. The molecule has 0 atom stereocenters. The highest BCUT2D eigenvalue weighted by molar-refractivity contribution is 5.68. The molecule has 2 aromatic carbocycles. The Kier molecular flexibility index (Phi) is 8.79. The number of carbonyl (C=O) groups is 2. The number of carboxylic acids is 2. The lowest BCUT2D eigenvalue weighted by Crippen LogP contribution is -2.23. The number of hydrogen-bond donors (Lipinski definition) is 4. The molecular formula is C31H44O6. The standard InChI is InChI=1S/C31H44O6/c1-29(2,3)22-16-18(10-12-24(32)33)14-20(27(22)36)26(31(7,8)9)21-15-19(11-13-25(34)35)17-23(28(21)37)30(4,5)6/h14-17,26,36-37H,10-13H2,1-9H3,(H,32,33)(H,34,35). The Morgan fingerprint density at radius 3 is 1.22 bits per heavy atom. The number of aryl methyl sites for hydroxylation is 2. The van der Waals surface area contributed by atoms with Crippen molar-refractivity contribution < 1.29 is 30.0 Å². The summed E-state index contributed by atoms with van der Waals surface area (Å²) >= 11 is 0. The minimum atomic E-state index is -0.891. The topological polar surface area (TPSA) is 115 Å². The molecule has 0 aliphatic rings. The highest BCUT2D eigenvalue weighted by Crippen LogP contribution is 2.51. The van der Waals surface area contributed by atoms with Crippen LogP contribution in [0, 0.1) is 5.41 Å². The van der Waals surface area contributed by atoms with Crippen molar-refractivity contribution in [3.8, 4) is 11.5 Å². The van der Waals surface area contributed by atoms with Gasteiger partial charge in [-0.05, 0) is 51.3 Å². The van der Waals surface area contributed by atoms with Crippen molar-refractivity contribution in [2.24, 2.45) is 5.41 Å². The van der Waals surface area contributed by atoms with Gasteiger partial charge in [0.1, 0.15) is 11.5 Å². The molecule has 37 heavy (non-hydrogen) atoms. The third-order valence-electron chi connectivity index (χ3n) is 6.76. The Hall–Kier alpha value is -3.02. The molecule has 0 spiro atoms. The van der Waals surface area contributed by atoms with E-state index >= 15 is 0 Å². The number of phenols is 2. The van der Waals surface area contributed by atoms with E-state index < -0.39 is 34.1 Å². The monoisotopic (exact) mass is 512 g/mol. The lowest BCUT2D eigenvalue weighted by atomic mass is 9.68. The molecule has 6 nitrogen and oxygen atoms in total. The molecule has 0 aliphatic carbocycles. The molecule has 0 heterocycles. The third kappa shape index (κ3) is 7.50. The van der Waals surface area contributed by atoms with Gasteiger partial charge in [0, 0.05) is 29.9 Å². The van der Waals surface area contributed by atoms with E-state index in [1.165, 1.54) is 0 Å². The van der Waals surface area contributed by atoms with Crippen LogP contribution in [0.15, 0.2) is 24.3 Å². The molecule has 0 saturated carbocycles. The molecule has 0 unspecified atom stereocenters. The molecule has 0 aliphatic heterocycles. The average Bonchev–Trinajstić information content (AvgIpc) is 2.71. The van der Waals surface area contributed by atoms with Crippen LogP contribution < -0.4 is 0 Å². The number of benzene rings is 2. The van der Waals surface area contributed by atoms with Crippen LogP contribution in [-0.2, 0) is 33.3 Å². The minimum absolute atomic E-state index is 0.0297. The summed E-state index contributed by atoms with van der Waals surface area (Å²) in [5.41, 5.74) is 3.08. The molecule has 6 heteroatoms. The molecule has 0 saturated heterocycles. The van der Waals surface area contributed by atoms with Crippen molar-refractivity contribution in [2.75, 3.05) is 0 Å². The first kappa shape index (κ1) is 30.2. The molecule has 0 amide bonds. The Morgan fingerprint density at radius 2 is 0.973 bits per heavy atom. The molecule has 2 rings (SSSR count). The number of rotatable bonds is 8. The molecule has 0 fully saturated rings. The second-order valence-corrected chi connectivity index (χ2v) is 13.2. The van der Waals surface area contributed by atoms with Gasteiger partial charge in [-0.1, -0.05) is 86.6 Å². The van der Waals surface area contributed by atoms with Crippen LogP contribution >= 0.6 is 0 Å². The Morgan fingerprint density at radius 1 is 0.649 bits per heavy atom. The van der Waals surface area contributed by atoms with Crippen LogP contribution in [0.4, 0.5) is 0 Å². The minimum Gasteiger partial charge on any atom is -0.507 e. The van der Waals surface area contributed by atoms with Gasteiger partial charge in [-0.15, -0.1) is 0 Å². The van der Waals surface area contributed by atoms with Gasteiger partial charge < -0.3 is 20.4 Å². The number of hydrogen-bond acceptors (Lipinski definition) is 4. The molecule has 0 radical (unpaired) electrons. The third-order valence-corrected chi connectivity index (χ3v) is 6.76. The smallest absolute Gasteiger partial charge is 0.303 e. The summed E-state index contributed by atoms with van der Waals surface area (Å²) < 4.78 is 0. The number of phenolic OH excluding ortho intramolecular Hbond substituents is 2. The molecular weight excluding hydrogens is 468 g/mol. The van der Waals surface area contributed by atoms with E-state index in [1.54, 1.807) is 0 Å². The summed E-state index contributed by atoms with van der Waals surface area (Å²) in [6.45, 7) is 18.1. The van der Waals surface area contributed by atoms with Crippen LogP contribution in [0.5, 0.6) is 11.5 Å². The second-order valence-electron chi connectivity index (χ2n) is 13.2. The van der Waals surface area contributed by atoms with Gasteiger partial charge in [0.15, 0.2) is 0 Å². The highest BCUT2D eigenvalue weighted by atomic mass is 16.4. The quantitative estimate of drug-likeness (QED) is 0.306. The van der Waals surface area contributed by atoms with E-state index in [-0.39, 0.29) is 24.3 Å². The van der Waals surface area contributed by atoms with Crippen molar-refractivity contribution >= 4 is 11.9 Å². The van der Waals surface area contributed by atoms with E-state index in [1.807, 2.05) is 86.6 Å². The van der Waals surface area contributed by atoms with Crippen LogP contribution in [0.1, 0.15) is 114 Å². The summed E-state index contributed by atoms with van der Waals surface area (Å²) in [5, 5.41) is 41.8. The fourth-order valence-electron chi connectivity index (χ4n) is 4.91. The second kappa shape index (κ2) is 10.8. The van der Waals surface area contributed by atoms with Crippen molar-refractivity contribution in [3.05, 3.63) is 57.6 Å². The molecule has 0 bridgehead atoms. The van der Waals surface area contributed by atoms with Gasteiger partial charge in [-0.3, -0.25) is 9.59 Å². The molecule has 4 N–H and O–H groups in total. The van der Waals surface area contributed by atoms with E-state index in [4.69, 9.17) is 0 Å². The van der Waals surface area contributed by atoms with Gasteiger partial charge >= 0.3 is 11.9 Å². The summed E-state index contributed by atoms with van der Waals surface area (Å²) in [6.07, 6.45) is 0.580. The van der Waals surface area contributed by atoms with Crippen LogP contribution in [0.2, 0.25) is 0 Å². The fourth-order valence-corrected chi connectivity index (χ4v) is 4.91. The maximum absolute atomic E-state index is 11.6. The Labute approximate surface area is 221 Å². The lowest BCUT2D eigenvalue weighted by Gasteiger charge is -2.36. The van der Waals surface area contributed by atoms with Gasteiger partial charge in [-0.2, -0.15) is 0 Å². The van der Waals surface area contributed by atoms with E-state index in [9.17, 15) is 30.0 Å². The van der Waals surface area contributed by atoms with Gasteiger partial charge in [-0.25, -0.2) is 0 Å². The predicted octanol–water partition coefficient (Wildman–Crippen LogP) is 6.91. The van der Waals surface area contributed by atoms with Gasteiger partial charge in [0.2, 0.25) is 0 Å². The fraction of sp³-hybridized carbons (Fsp3) is 0.548. The number of aromatic hydroxyl groups is 2. The predicted molar refractivity (Wildman–Crippen MR) is 147 cm³/mol. The summed E-state index contributed by atoms with van der Waals surface area (Å²) in [6, 6.07) is 7.49. The lowest BCUT2D eigenvalue weighted by molar-refractivity contribution is -0.138. The number of aliphatic carboxylic acids is 2. The van der Waals surface area contributed by atoms with E-state index in [0.717, 1.165) is 22.3 Å². The largest absolute Gasteiger partial charge is 0.507 e. The zero-order valence-electron chi connectivity index (χ0n) is 23.8. The van der Waals surface area contributed by atoms with Crippen LogP contribution in [0.25, 0.3) is 0 Å². The number of carboxylic acid groups (broad SMARTS) is 2. The molecule has 0 aromatic heterocycles. The maximum atomic E-state index is 11.6. The highest BCUT2D eigenvalue weighted by Gasteiger charge is 2.36. The van der Waals surface area contributed by atoms with Crippen molar-refractivity contribution in [3.63, 3.8) is 0 Å². The summed E-state index contributed by atoms with van der Waals surface area (Å²) in [4.78, 5) is 22.6. The van der Waals surface area contributed by atoms with E-state index in [0.29, 0.717) is 24.0 Å². The molecule has 204 valence electrons. The Bertz CT molecular complexity index is 1070. The summed E-state index contributed by atoms with van der Waals surface area (Å²) in [7, 11) is 0. The van der Waals surface area contributed by atoms with Gasteiger partial charge in [0.25, 0.3) is 0 Å². The first-order chi connectivity index (χ1) is 16.7. The van der Waals surface area contributed by atoms with Gasteiger partial charge in [0.05, 0.1) is 0 Å². The molecule has 2 aromatic rings. The first-order valence-electron chi connectivity index (χ1n) is 12.9. The first-order valence-corrected chi connectivity index (χ1v) is 12.9. The normalized spacial score (nSPS) is 12.7. The van der Waals surface area contributed by atoms with Crippen LogP contribution in [-0.4, -0.2) is 32.4 Å². The Balaban J connectivity index is 2.93. The maximum Gasteiger partial charge on any atom is 0.303 e. The zero-order chi connectivity index (χ0) is 28.5. The van der Waals surface area contributed by atoms with Crippen molar-refractivity contribution in [1.82, 2.24) is 0 Å². The zero-order valence-corrected chi connectivity index (χ0v) is 23.8.